The molecule has 0 aromatic heterocycles. The zero-order valence-electron chi connectivity index (χ0n) is 17.5. The number of aliphatic hydroxyl groups excluding tert-OH is 1. The number of nitrogens with zero attached hydrogens (tertiary/aromatic N) is 1. The van der Waals surface area contributed by atoms with Gasteiger partial charge in [0.05, 0.1) is 19.3 Å². The van der Waals surface area contributed by atoms with Crippen molar-refractivity contribution in [3.05, 3.63) is 23.4 Å². The fourth-order valence-corrected chi connectivity index (χ4v) is 7.36. The summed E-state index contributed by atoms with van der Waals surface area (Å²) in [7, 11) is 0. The lowest BCUT2D eigenvalue weighted by atomic mass is 9.48. The molecule has 154 valence electrons. The summed E-state index contributed by atoms with van der Waals surface area (Å²) < 4.78 is 5.46. The molecule has 28 heavy (non-hydrogen) atoms. The number of morpholine rings is 1. The minimum Gasteiger partial charge on any atom is -0.393 e. The number of ether oxygens (including phenoxy) is 1. The van der Waals surface area contributed by atoms with Crippen LogP contribution in [-0.4, -0.2) is 48.2 Å². The van der Waals surface area contributed by atoms with Crippen LogP contribution in [0, 0.1) is 28.6 Å². The van der Waals surface area contributed by atoms with E-state index < -0.39 is 0 Å². The van der Waals surface area contributed by atoms with Gasteiger partial charge in [-0.2, -0.15) is 0 Å². The second kappa shape index (κ2) is 6.70. The van der Waals surface area contributed by atoms with Crippen LogP contribution in [0.1, 0.15) is 58.8 Å². The molecule has 0 radical (unpaired) electrons. The molecule has 4 heteroatoms. The van der Waals surface area contributed by atoms with Gasteiger partial charge in [0, 0.05) is 30.3 Å². The van der Waals surface area contributed by atoms with E-state index >= 15 is 0 Å². The normalized spacial score (nSPS) is 47.4. The lowest BCUT2D eigenvalue weighted by molar-refractivity contribution is -0.130. The Bertz CT molecular complexity index is 721. The van der Waals surface area contributed by atoms with E-state index in [1.54, 1.807) is 0 Å². The van der Waals surface area contributed by atoms with Gasteiger partial charge in [0.15, 0.2) is 5.78 Å². The van der Waals surface area contributed by atoms with E-state index in [-0.39, 0.29) is 16.9 Å². The molecule has 0 bridgehead atoms. The molecule has 5 rings (SSSR count). The first kappa shape index (κ1) is 18.9. The first-order chi connectivity index (χ1) is 13.4. The molecule has 1 N–H and O–H groups in total. The van der Waals surface area contributed by atoms with E-state index in [4.69, 9.17) is 4.74 Å². The number of aliphatic hydroxyl groups is 1. The largest absolute Gasteiger partial charge is 0.393 e. The van der Waals surface area contributed by atoms with Gasteiger partial charge >= 0.3 is 0 Å². The number of hydrogen-bond acceptors (Lipinski definition) is 4. The SMILES string of the molecule is C[C@]12CC[C@@H](O)CC1=CC[C@@H]1[C@@H]2CC[C@]2(C)C(=O)/C(=C/N3CCOCC3)C[C@@H]12. The lowest BCUT2D eigenvalue weighted by Crippen LogP contribution is -2.50. The Morgan fingerprint density at radius 3 is 2.64 bits per heavy atom. The van der Waals surface area contributed by atoms with Gasteiger partial charge in [-0.05, 0) is 68.1 Å². The molecule has 6 atom stereocenters. The summed E-state index contributed by atoms with van der Waals surface area (Å²) in [5.41, 5.74) is 2.64. The van der Waals surface area contributed by atoms with Crippen LogP contribution in [0.3, 0.4) is 0 Å². The first-order valence-corrected chi connectivity index (χ1v) is 11.4. The molecule has 0 spiro atoms. The number of Topliss-reactive ketones (excluding diaryl/α,β-unsaturated/α-hetero) is 1. The standard InChI is InChI=1S/C24H35NO3/c1-23-7-5-18(26)14-17(23)3-4-19-20(23)6-8-24(2)21(19)13-16(22(24)27)15-25-9-11-28-12-10-25/h3,15,18-21,26H,4-14H2,1-2H3/b16-15+/t18-,19-,20+,21+,23+,24+/m1/s1. The number of allylic oxidation sites excluding steroid dienone is 2. The van der Waals surface area contributed by atoms with Crippen LogP contribution in [0.4, 0.5) is 0 Å². The van der Waals surface area contributed by atoms with Crippen LogP contribution in [0.25, 0.3) is 0 Å². The van der Waals surface area contributed by atoms with Gasteiger partial charge in [0.25, 0.3) is 0 Å². The fourth-order valence-electron chi connectivity index (χ4n) is 7.36. The monoisotopic (exact) mass is 385 g/mol. The van der Waals surface area contributed by atoms with Gasteiger partial charge in [-0.1, -0.05) is 25.5 Å². The van der Waals surface area contributed by atoms with Crippen molar-refractivity contribution in [2.75, 3.05) is 26.3 Å². The summed E-state index contributed by atoms with van der Waals surface area (Å²) in [6.07, 6.45) is 11.6. The maximum absolute atomic E-state index is 13.4. The summed E-state index contributed by atoms with van der Waals surface area (Å²) in [6, 6.07) is 0. The minimum absolute atomic E-state index is 0.152. The summed E-state index contributed by atoms with van der Waals surface area (Å²) >= 11 is 0. The number of rotatable bonds is 1. The molecule has 4 fully saturated rings. The van der Waals surface area contributed by atoms with Crippen molar-refractivity contribution in [2.45, 2.75) is 64.9 Å². The van der Waals surface area contributed by atoms with Gasteiger partial charge in [0.1, 0.15) is 0 Å². The van der Waals surface area contributed by atoms with Crippen LogP contribution >= 0.6 is 0 Å². The number of fused-ring (bicyclic) bond motifs is 5. The predicted molar refractivity (Wildman–Crippen MR) is 109 cm³/mol. The summed E-state index contributed by atoms with van der Waals surface area (Å²) in [4.78, 5) is 15.7. The Hall–Kier alpha value is -1.13. The highest BCUT2D eigenvalue weighted by Gasteiger charge is 2.59. The first-order valence-electron chi connectivity index (χ1n) is 11.4. The molecule has 0 aromatic carbocycles. The average molecular weight is 386 g/mol. The van der Waals surface area contributed by atoms with E-state index in [2.05, 4.69) is 31.0 Å². The van der Waals surface area contributed by atoms with Gasteiger partial charge in [-0.25, -0.2) is 0 Å². The van der Waals surface area contributed by atoms with Gasteiger partial charge in [-0.15, -0.1) is 0 Å². The van der Waals surface area contributed by atoms with Crippen molar-refractivity contribution in [1.29, 1.82) is 0 Å². The smallest absolute Gasteiger partial charge is 0.166 e. The fraction of sp³-hybridized carbons (Fsp3) is 0.792. The van der Waals surface area contributed by atoms with Crippen LogP contribution < -0.4 is 0 Å². The molecular weight excluding hydrogens is 350 g/mol. The molecular formula is C24H35NO3. The molecule has 0 unspecified atom stereocenters. The zero-order chi connectivity index (χ0) is 19.5. The average Bonchev–Trinajstić information content (AvgIpc) is 2.94. The maximum atomic E-state index is 13.4. The molecule has 3 saturated carbocycles. The Morgan fingerprint density at radius 2 is 1.86 bits per heavy atom. The second-order valence-electron chi connectivity index (χ2n) is 10.4. The van der Waals surface area contributed by atoms with E-state index in [1.807, 2.05) is 0 Å². The highest BCUT2D eigenvalue weighted by Crippen LogP contribution is 2.64. The number of hydrogen-bond donors (Lipinski definition) is 1. The van der Waals surface area contributed by atoms with E-state index in [0.717, 1.165) is 76.8 Å². The molecule has 1 heterocycles. The van der Waals surface area contributed by atoms with Crippen molar-refractivity contribution >= 4 is 5.78 Å². The molecule has 1 saturated heterocycles. The Balaban J connectivity index is 1.43. The van der Waals surface area contributed by atoms with Crippen LogP contribution in [-0.2, 0) is 9.53 Å². The molecule has 5 aliphatic rings. The number of carbonyl (C=O) groups is 1. The zero-order valence-corrected chi connectivity index (χ0v) is 17.5. The van der Waals surface area contributed by atoms with Crippen LogP contribution in [0.15, 0.2) is 23.4 Å². The molecule has 4 aliphatic carbocycles. The molecule has 0 aromatic rings. The molecule has 1 aliphatic heterocycles. The van der Waals surface area contributed by atoms with E-state index in [0.29, 0.717) is 23.5 Å². The third-order valence-electron chi connectivity index (χ3n) is 9.10. The highest BCUT2D eigenvalue weighted by molar-refractivity contribution is 6.02. The van der Waals surface area contributed by atoms with Crippen LogP contribution in [0.2, 0.25) is 0 Å². The quantitative estimate of drug-likeness (QED) is 0.552. The van der Waals surface area contributed by atoms with Crippen LogP contribution in [0.5, 0.6) is 0 Å². The lowest BCUT2D eigenvalue weighted by Gasteiger charge is -2.56. The van der Waals surface area contributed by atoms with Crippen molar-refractivity contribution < 1.29 is 14.6 Å². The highest BCUT2D eigenvalue weighted by atomic mass is 16.5. The third kappa shape index (κ3) is 2.74. The summed E-state index contributed by atoms with van der Waals surface area (Å²) in [5, 5.41) is 10.2. The second-order valence-corrected chi connectivity index (χ2v) is 10.4. The van der Waals surface area contributed by atoms with Gasteiger partial charge in [0.2, 0.25) is 0 Å². The Kier molecular flexibility index (Phi) is 4.52. The summed E-state index contributed by atoms with van der Waals surface area (Å²) in [5.74, 6) is 2.19. The Labute approximate surface area is 169 Å². The number of ketones is 1. The number of carbonyl (C=O) groups excluding carboxylic acids is 1. The summed E-state index contributed by atoms with van der Waals surface area (Å²) in [6.45, 7) is 8.03. The maximum Gasteiger partial charge on any atom is 0.166 e. The predicted octanol–water partition coefficient (Wildman–Crippen LogP) is 3.71. The Morgan fingerprint density at radius 1 is 1.11 bits per heavy atom. The molecule has 4 nitrogen and oxygen atoms in total. The van der Waals surface area contributed by atoms with Crippen molar-refractivity contribution in [3.8, 4) is 0 Å². The molecule has 0 amide bonds. The minimum atomic E-state index is -0.171. The van der Waals surface area contributed by atoms with Gasteiger partial charge < -0.3 is 14.7 Å². The van der Waals surface area contributed by atoms with Crippen molar-refractivity contribution in [1.82, 2.24) is 4.90 Å². The van der Waals surface area contributed by atoms with Crippen molar-refractivity contribution in [3.63, 3.8) is 0 Å². The topological polar surface area (TPSA) is 49.8 Å². The van der Waals surface area contributed by atoms with E-state index in [1.165, 1.54) is 5.57 Å². The van der Waals surface area contributed by atoms with E-state index in [9.17, 15) is 9.90 Å². The van der Waals surface area contributed by atoms with Gasteiger partial charge in [-0.3, -0.25) is 4.79 Å². The van der Waals surface area contributed by atoms with Crippen molar-refractivity contribution in [2.24, 2.45) is 28.6 Å². The third-order valence-corrected chi connectivity index (χ3v) is 9.10.